The Kier molecular flexibility index (Phi) is 4.62. The van der Waals surface area contributed by atoms with Crippen molar-refractivity contribution in [2.24, 2.45) is 0 Å². The topological polar surface area (TPSA) is 40.5 Å². The Morgan fingerprint density at radius 2 is 1.57 bits per heavy atom. The molecule has 1 aliphatic carbocycles. The predicted octanol–water partition coefficient (Wildman–Crippen LogP) is 5.74. The van der Waals surface area contributed by atoms with Crippen LogP contribution in [0.1, 0.15) is 45.1 Å². The van der Waals surface area contributed by atoms with E-state index in [0.29, 0.717) is 5.70 Å². The van der Waals surface area contributed by atoms with Crippen LogP contribution >= 0.6 is 0 Å². The van der Waals surface area contributed by atoms with Crippen molar-refractivity contribution >= 4 is 5.97 Å². The zero-order valence-electron chi connectivity index (χ0n) is 16.8. The average molecular weight is 373 g/mol. The molecular formula is C25H27NO2. The van der Waals surface area contributed by atoms with Crippen LogP contribution < -0.4 is 0 Å². The molecule has 28 heavy (non-hydrogen) atoms. The number of likely N-dealkylation sites (N-methyl/N-ethyl adjacent to an activating group) is 1. The molecule has 0 amide bonds. The fourth-order valence-electron chi connectivity index (χ4n) is 4.97. The molecule has 0 radical (unpaired) electrons. The van der Waals surface area contributed by atoms with Gasteiger partial charge in [0.15, 0.2) is 0 Å². The molecule has 1 N–H and O–H groups in total. The van der Waals surface area contributed by atoms with E-state index in [1.807, 2.05) is 37.1 Å². The monoisotopic (exact) mass is 373 g/mol. The van der Waals surface area contributed by atoms with Crippen molar-refractivity contribution in [1.29, 1.82) is 0 Å². The first-order chi connectivity index (χ1) is 13.4. The summed E-state index contributed by atoms with van der Waals surface area (Å²) in [6.45, 7) is 4.19. The summed E-state index contributed by atoms with van der Waals surface area (Å²) in [7, 11) is 1.91. The molecule has 2 aromatic carbocycles. The van der Waals surface area contributed by atoms with Crippen molar-refractivity contribution in [3.63, 3.8) is 0 Å². The lowest BCUT2D eigenvalue weighted by Gasteiger charge is -2.46. The Labute approximate surface area is 167 Å². The number of allylic oxidation sites excluding steroid dienone is 3. The molecule has 0 saturated carbocycles. The molecule has 0 fully saturated rings. The van der Waals surface area contributed by atoms with Gasteiger partial charge in [-0.2, -0.15) is 0 Å². The molecule has 3 nitrogen and oxygen atoms in total. The Morgan fingerprint density at radius 1 is 0.964 bits per heavy atom. The molecular weight excluding hydrogens is 346 g/mol. The molecule has 0 bridgehead atoms. The Bertz CT molecular complexity index is 965. The van der Waals surface area contributed by atoms with E-state index in [4.69, 9.17) is 0 Å². The van der Waals surface area contributed by atoms with Crippen LogP contribution in [0.4, 0.5) is 0 Å². The van der Waals surface area contributed by atoms with E-state index in [-0.39, 0.29) is 5.41 Å². The van der Waals surface area contributed by atoms with E-state index in [2.05, 4.69) is 43.3 Å². The number of carboxylic acids is 1. The van der Waals surface area contributed by atoms with Crippen LogP contribution in [0.25, 0.3) is 11.1 Å². The third-order valence-corrected chi connectivity index (χ3v) is 6.66. The molecule has 2 aromatic rings. The minimum atomic E-state index is -0.843. The van der Waals surface area contributed by atoms with Gasteiger partial charge in [-0.25, -0.2) is 4.79 Å². The number of hydrogen-bond donors (Lipinski definition) is 1. The lowest BCUT2D eigenvalue weighted by atomic mass is 9.64. The number of carboxylic acid groups (broad SMARTS) is 1. The van der Waals surface area contributed by atoms with E-state index in [9.17, 15) is 9.90 Å². The van der Waals surface area contributed by atoms with E-state index in [1.54, 1.807) is 0 Å². The molecule has 1 atom stereocenters. The van der Waals surface area contributed by atoms with Gasteiger partial charge in [-0.1, -0.05) is 54.6 Å². The van der Waals surface area contributed by atoms with Crippen molar-refractivity contribution < 1.29 is 9.90 Å². The van der Waals surface area contributed by atoms with Crippen LogP contribution in [0.3, 0.4) is 0 Å². The third kappa shape index (κ3) is 2.77. The standard InChI is InChI=1S/C25H27NO2/c1-17-23(24(27)28)26(3)22-12-8-7-11-21(22)25(17,2)20-15-13-19(14-16-20)18-9-5-4-6-10-18/h4-6,9-10,13-16H,7-8,11-12H2,1-3H3,(H,27,28). The predicted molar refractivity (Wildman–Crippen MR) is 113 cm³/mol. The summed E-state index contributed by atoms with van der Waals surface area (Å²) in [5.74, 6) is -0.843. The number of benzene rings is 2. The minimum absolute atomic E-state index is 0.370. The van der Waals surface area contributed by atoms with Crippen molar-refractivity contribution in [3.05, 3.63) is 82.7 Å². The van der Waals surface area contributed by atoms with E-state index < -0.39 is 5.97 Å². The number of carbonyl (C=O) groups is 1. The largest absolute Gasteiger partial charge is 0.477 e. The van der Waals surface area contributed by atoms with Gasteiger partial charge in [-0.05, 0) is 67.4 Å². The summed E-state index contributed by atoms with van der Waals surface area (Å²) >= 11 is 0. The number of aliphatic carboxylic acids is 1. The van der Waals surface area contributed by atoms with Crippen LogP contribution in [0.5, 0.6) is 0 Å². The Balaban J connectivity index is 1.85. The van der Waals surface area contributed by atoms with E-state index in [0.717, 1.165) is 24.8 Å². The molecule has 144 valence electrons. The lowest BCUT2D eigenvalue weighted by molar-refractivity contribution is -0.134. The normalized spacial score (nSPS) is 22.3. The van der Waals surface area contributed by atoms with Gasteiger partial charge >= 0.3 is 5.97 Å². The van der Waals surface area contributed by atoms with Crippen LogP contribution in [0, 0.1) is 0 Å². The quantitative estimate of drug-likeness (QED) is 0.745. The molecule has 2 aliphatic rings. The van der Waals surface area contributed by atoms with E-state index >= 15 is 0 Å². The van der Waals surface area contributed by atoms with Gasteiger partial charge in [-0.3, -0.25) is 0 Å². The second-order valence-corrected chi connectivity index (χ2v) is 8.04. The molecule has 1 unspecified atom stereocenters. The van der Waals surface area contributed by atoms with Crippen LogP contribution in [-0.4, -0.2) is 23.0 Å². The Hall–Kier alpha value is -2.81. The SMILES string of the molecule is CC1=C(C(=O)O)N(C)C2=C(CCCC2)C1(C)c1ccc(-c2ccccc2)cc1. The van der Waals surface area contributed by atoms with Crippen LogP contribution in [-0.2, 0) is 10.2 Å². The van der Waals surface area contributed by atoms with Crippen molar-refractivity contribution in [1.82, 2.24) is 4.90 Å². The molecule has 0 aromatic heterocycles. The molecule has 0 spiro atoms. The average Bonchev–Trinajstić information content (AvgIpc) is 2.73. The van der Waals surface area contributed by atoms with Gasteiger partial charge in [0.1, 0.15) is 5.70 Å². The fraction of sp³-hybridized carbons (Fsp3) is 0.320. The maximum absolute atomic E-state index is 12.1. The van der Waals surface area contributed by atoms with Gasteiger partial charge in [0.05, 0.1) is 0 Å². The van der Waals surface area contributed by atoms with Crippen molar-refractivity contribution in [2.45, 2.75) is 44.9 Å². The first-order valence-electron chi connectivity index (χ1n) is 10.0. The molecule has 0 saturated heterocycles. The summed E-state index contributed by atoms with van der Waals surface area (Å²) in [6.07, 6.45) is 4.27. The van der Waals surface area contributed by atoms with Gasteiger partial charge < -0.3 is 10.0 Å². The minimum Gasteiger partial charge on any atom is -0.477 e. The fourth-order valence-corrected chi connectivity index (χ4v) is 4.97. The molecule has 1 heterocycles. The number of nitrogens with zero attached hydrogens (tertiary/aromatic N) is 1. The maximum Gasteiger partial charge on any atom is 0.352 e. The highest BCUT2D eigenvalue weighted by Crippen LogP contribution is 2.50. The summed E-state index contributed by atoms with van der Waals surface area (Å²) in [5, 5.41) is 9.92. The zero-order chi connectivity index (χ0) is 19.9. The zero-order valence-corrected chi connectivity index (χ0v) is 16.8. The summed E-state index contributed by atoms with van der Waals surface area (Å²) in [5.41, 5.74) is 7.11. The highest BCUT2D eigenvalue weighted by Gasteiger charge is 2.43. The van der Waals surface area contributed by atoms with Crippen molar-refractivity contribution in [3.8, 4) is 11.1 Å². The van der Waals surface area contributed by atoms with E-state index in [1.165, 1.54) is 34.4 Å². The number of hydrogen-bond acceptors (Lipinski definition) is 2. The first-order valence-corrected chi connectivity index (χ1v) is 10.0. The molecule has 1 aliphatic heterocycles. The lowest BCUT2D eigenvalue weighted by Crippen LogP contribution is -2.41. The van der Waals surface area contributed by atoms with Gasteiger partial charge in [0.2, 0.25) is 0 Å². The van der Waals surface area contributed by atoms with Crippen molar-refractivity contribution in [2.75, 3.05) is 7.05 Å². The smallest absolute Gasteiger partial charge is 0.352 e. The molecule has 3 heteroatoms. The highest BCUT2D eigenvalue weighted by molar-refractivity contribution is 5.89. The second kappa shape index (κ2) is 6.97. The number of rotatable bonds is 3. The summed E-state index contributed by atoms with van der Waals surface area (Å²) in [4.78, 5) is 14.0. The molecule has 4 rings (SSSR count). The Morgan fingerprint density at radius 3 is 2.21 bits per heavy atom. The van der Waals surface area contributed by atoms with Gasteiger partial charge in [0, 0.05) is 18.2 Å². The van der Waals surface area contributed by atoms with Crippen LogP contribution in [0.15, 0.2) is 77.1 Å². The maximum atomic E-state index is 12.1. The summed E-state index contributed by atoms with van der Waals surface area (Å²) < 4.78 is 0. The van der Waals surface area contributed by atoms with Gasteiger partial charge in [-0.15, -0.1) is 0 Å². The summed E-state index contributed by atoms with van der Waals surface area (Å²) in [6, 6.07) is 19.0. The highest BCUT2D eigenvalue weighted by atomic mass is 16.4. The second-order valence-electron chi connectivity index (χ2n) is 8.04. The van der Waals surface area contributed by atoms with Gasteiger partial charge in [0.25, 0.3) is 0 Å². The van der Waals surface area contributed by atoms with Crippen LogP contribution in [0.2, 0.25) is 0 Å². The third-order valence-electron chi connectivity index (χ3n) is 6.66. The first kappa shape index (κ1) is 18.5.